The van der Waals surface area contributed by atoms with Gasteiger partial charge in [-0.1, -0.05) is 0 Å². The number of nitrogens with zero attached hydrogens (tertiary/aromatic N) is 2. The normalized spacial score (nSPS) is 10.2. The summed E-state index contributed by atoms with van der Waals surface area (Å²) in [5.41, 5.74) is 9.38. The lowest BCUT2D eigenvalue weighted by Gasteiger charge is -2.06. The zero-order chi connectivity index (χ0) is 13.8. The van der Waals surface area contributed by atoms with Crippen molar-refractivity contribution in [3.05, 3.63) is 53.1 Å². The van der Waals surface area contributed by atoms with Crippen LogP contribution in [0.5, 0.6) is 0 Å². The Hall–Kier alpha value is -2.43. The number of nitrogens with two attached hydrogens (primary N) is 1. The molecule has 2 aromatic rings. The highest BCUT2D eigenvalue weighted by atomic mass is 16.1. The van der Waals surface area contributed by atoms with Crippen molar-refractivity contribution in [1.82, 2.24) is 15.3 Å². The summed E-state index contributed by atoms with van der Waals surface area (Å²) in [4.78, 5) is 20.3. The lowest BCUT2D eigenvalue weighted by molar-refractivity contribution is 0.0950. The smallest absolute Gasteiger partial charge is 0.251 e. The van der Waals surface area contributed by atoms with Crippen LogP contribution in [0, 0.1) is 13.8 Å². The zero-order valence-electron chi connectivity index (χ0n) is 11.0. The maximum Gasteiger partial charge on any atom is 0.251 e. The molecular formula is C14H16N4O. The SMILES string of the molecule is Cc1cc(N)cc(C(=O)NCc2cnc(C)cn2)c1. The average molecular weight is 256 g/mol. The fourth-order valence-electron chi connectivity index (χ4n) is 1.73. The molecule has 0 radical (unpaired) electrons. The summed E-state index contributed by atoms with van der Waals surface area (Å²) in [6.07, 6.45) is 3.33. The number of hydrogen-bond donors (Lipinski definition) is 2. The van der Waals surface area contributed by atoms with E-state index in [1.165, 1.54) is 0 Å². The maximum absolute atomic E-state index is 12.0. The predicted molar refractivity (Wildman–Crippen MR) is 73.5 cm³/mol. The predicted octanol–water partition coefficient (Wildman–Crippen LogP) is 1.61. The Kier molecular flexibility index (Phi) is 3.75. The van der Waals surface area contributed by atoms with Gasteiger partial charge in [-0.2, -0.15) is 0 Å². The number of nitrogen functional groups attached to an aromatic ring is 1. The fraction of sp³-hybridized carbons (Fsp3) is 0.214. The lowest BCUT2D eigenvalue weighted by Crippen LogP contribution is -2.23. The van der Waals surface area contributed by atoms with E-state index in [9.17, 15) is 4.79 Å². The molecule has 5 nitrogen and oxygen atoms in total. The van der Waals surface area contributed by atoms with Crippen LogP contribution in [0.25, 0.3) is 0 Å². The zero-order valence-corrected chi connectivity index (χ0v) is 11.0. The van der Waals surface area contributed by atoms with Crippen LogP contribution in [0.1, 0.15) is 27.3 Å². The second-order valence-electron chi connectivity index (χ2n) is 4.46. The Morgan fingerprint density at radius 3 is 2.63 bits per heavy atom. The Morgan fingerprint density at radius 2 is 2.00 bits per heavy atom. The molecule has 98 valence electrons. The van der Waals surface area contributed by atoms with Gasteiger partial charge in [0.25, 0.3) is 5.91 Å². The Bertz CT molecular complexity index is 573. The number of aromatic nitrogens is 2. The van der Waals surface area contributed by atoms with E-state index in [2.05, 4.69) is 15.3 Å². The summed E-state index contributed by atoms with van der Waals surface area (Å²) in [6, 6.07) is 5.28. The van der Waals surface area contributed by atoms with Gasteiger partial charge in [-0.3, -0.25) is 14.8 Å². The van der Waals surface area contributed by atoms with Gasteiger partial charge in [0.05, 0.1) is 24.1 Å². The van der Waals surface area contributed by atoms with Gasteiger partial charge in [0.2, 0.25) is 0 Å². The number of amides is 1. The van der Waals surface area contributed by atoms with E-state index in [1.54, 1.807) is 24.5 Å². The molecule has 0 saturated heterocycles. The molecule has 5 heteroatoms. The van der Waals surface area contributed by atoms with E-state index in [0.717, 1.165) is 17.0 Å². The number of aryl methyl sites for hydroxylation is 2. The molecule has 0 bridgehead atoms. The average Bonchev–Trinajstić information content (AvgIpc) is 2.36. The van der Waals surface area contributed by atoms with Gasteiger partial charge in [0.15, 0.2) is 0 Å². The molecule has 0 spiro atoms. The standard InChI is InChI=1S/C14H16N4O/c1-9-3-11(5-12(15)4-9)14(19)18-8-13-7-16-10(2)6-17-13/h3-7H,8,15H2,1-2H3,(H,18,19). The minimum Gasteiger partial charge on any atom is -0.399 e. The second kappa shape index (κ2) is 5.48. The Balaban J connectivity index is 2.03. The van der Waals surface area contributed by atoms with Crippen molar-refractivity contribution in [3.63, 3.8) is 0 Å². The molecule has 2 rings (SSSR count). The molecule has 1 aromatic carbocycles. The first-order valence-electron chi connectivity index (χ1n) is 5.97. The molecule has 19 heavy (non-hydrogen) atoms. The van der Waals surface area contributed by atoms with E-state index in [1.807, 2.05) is 19.9 Å². The Morgan fingerprint density at radius 1 is 1.21 bits per heavy atom. The summed E-state index contributed by atoms with van der Waals surface area (Å²) >= 11 is 0. The highest BCUT2D eigenvalue weighted by molar-refractivity contribution is 5.95. The van der Waals surface area contributed by atoms with Crippen LogP contribution in [0.4, 0.5) is 5.69 Å². The van der Waals surface area contributed by atoms with Gasteiger partial charge in [-0.05, 0) is 37.6 Å². The quantitative estimate of drug-likeness (QED) is 0.817. The molecule has 0 aliphatic heterocycles. The first-order chi connectivity index (χ1) is 9.04. The highest BCUT2D eigenvalue weighted by Crippen LogP contribution is 2.11. The first kappa shape index (κ1) is 13.0. The van der Waals surface area contributed by atoms with Crippen molar-refractivity contribution in [1.29, 1.82) is 0 Å². The third-order valence-electron chi connectivity index (χ3n) is 2.63. The van der Waals surface area contributed by atoms with Gasteiger partial charge in [0.1, 0.15) is 0 Å². The molecule has 0 aliphatic rings. The van der Waals surface area contributed by atoms with Crippen LogP contribution in [0.15, 0.2) is 30.6 Å². The van der Waals surface area contributed by atoms with Gasteiger partial charge >= 0.3 is 0 Å². The summed E-state index contributed by atoms with van der Waals surface area (Å²) in [5, 5.41) is 2.79. The van der Waals surface area contributed by atoms with Crippen LogP contribution in [-0.2, 0) is 6.54 Å². The molecule has 0 atom stereocenters. The maximum atomic E-state index is 12.0. The van der Waals surface area contributed by atoms with Gasteiger partial charge in [-0.25, -0.2) is 0 Å². The second-order valence-corrected chi connectivity index (χ2v) is 4.46. The summed E-state index contributed by atoms with van der Waals surface area (Å²) in [7, 11) is 0. The van der Waals surface area contributed by atoms with Crippen LogP contribution in [0.2, 0.25) is 0 Å². The number of hydrogen-bond acceptors (Lipinski definition) is 4. The van der Waals surface area contributed by atoms with Gasteiger partial charge in [-0.15, -0.1) is 0 Å². The minimum absolute atomic E-state index is 0.169. The third kappa shape index (κ3) is 3.51. The largest absolute Gasteiger partial charge is 0.399 e. The summed E-state index contributed by atoms with van der Waals surface area (Å²) in [5.74, 6) is -0.169. The fourth-order valence-corrected chi connectivity index (χ4v) is 1.73. The molecule has 1 amide bonds. The van der Waals surface area contributed by atoms with Gasteiger partial charge < -0.3 is 11.1 Å². The van der Waals surface area contributed by atoms with Gasteiger partial charge in [0, 0.05) is 17.4 Å². The van der Waals surface area contributed by atoms with E-state index < -0.39 is 0 Å². The molecule has 1 heterocycles. The Labute approximate surface area is 111 Å². The van der Waals surface area contributed by atoms with Crippen molar-refractivity contribution < 1.29 is 4.79 Å². The number of benzene rings is 1. The van der Waals surface area contributed by atoms with Crippen molar-refractivity contribution in [2.45, 2.75) is 20.4 Å². The molecule has 0 unspecified atom stereocenters. The summed E-state index contributed by atoms with van der Waals surface area (Å²) < 4.78 is 0. The van der Waals surface area contributed by atoms with E-state index in [-0.39, 0.29) is 5.91 Å². The monoisotopic (exact) mass is 256 g/mol. The molecule has 3 N–H and O–H groups in total. The number of nitrogens with one attached hydrogen (secondary N) is 1. The number of carbonyl (C=O) groups excluding carboxylic acids is 1. The molecule has 1 aromatic heterocycles. The topological polar surface area (TPSA) is 80.9 Å². The third-order valence-corrected chi connectivity index (χ3v) is 2.63. The lowest BCUT2D eigenvalue weighted by atomic mass is 10.1. The number of rotatable bonds is 3. The highest BCUT2D eigenvalue weighted by Gasteiger charge is 2.07. The van der Waals surface area contributed by atoms with Crippen molar-refractivity contribution >= 4 is 11.6 Å². The molecule has 0 aliphatic carbocycles. The molecular weight excluding hydrogens is 240 g/mol. The van der Waals surface area contributed by atoms with E-state index >= 15 is 0 Å². The molecule has 0 saturated carbocycles. The number of carbonyl (C=O) groups is 1. The van der Waals surface area contributed by atoms with Crippen molar-refractivity contribution in [2.24, 2.45) is 0 Å². The van der Waals surface area contributed by atoms with Crippen LogP contribution >= 0.6 is 0 Å². The van der Waals surface area contributed by atoms with E-state index in [0.29, 0.717) is 17.8 Å². The van der Waals surface area contributed by atoms with Crippen LogP contribution in [0.3, 0.4) is 0 Å². The van der Waals surface area contributed by atoms with Crippen molar-refractivity contribution in [2.75, 3.05) is 5.73 Å². The molecule has 0 fully saturated rings. The van der Waals surface area contributed by atoms with E-state index in [4.69, 9.17) is 5.73 Å². The van der Waals surface area contributed by atoms with Crippen LogP contribution < -0.4 is 11.1 Å². The summed E-state index contributed by atoms with van der Waals surface area (Å²) in [6.45, 7) is 4.11. The first-order valence-corrected chi connectivity index (χ1v) is 5.97. The van der Waals surface area contributed by atoms with Crippen LogP contribution in [-0.4, -0.2) is 15.9 Å². The minimum atomic E-state index is -0.169. The van der Waals surface area contributed by atoms with Crippen molar-refractivity contribution in [3.8, 4) is 0 Å². The number of anilines is 1.